The van der Waals surface area contributed by atoms with Crippen LogP contribution in [0.1, 0.15) is 50.5 Å². The number of hydrogen-bond donors (Lipinski definition) is 1. The second-order valence-corrected chi connectivity index (χ2v) is 7.14. The first kappa shape index (κ1) is 14.9. The third-order valence-corrected chi connectivity index (χ3v) is 4.23. The summed E-state index contributed by atoms with van der Waals surface area (Å²) in [6.45, 7) is 6.75. The number of nitrogens with one attached hydrogen (secondary N) is 1. The molecule has 1 fully saturated rings. The van der Waals surface area contributed by atoms with E-state index in [-0.39, 0.29) is 17.4 Å². The molecule has 118 valence electrons. The lowest BCUT2D eigenvalue weighted by molar-refractivity contribution is 0.0865. The van der Waals surface area contributed by atoms with Crippen molar-refractivity contribution in [2.24, 2.45) is 11.3 Å². The highest BCUT2D eigenvalue weighted by atomic mass is 16.5. The standard InChI is InChI=1S/C17H22N2O3/c1-11-7-12(10-17(2,3)9-11)18-16(20)13-8-15(22-19-13)14-5-4-6-21-14/h4-6,8,11-12H,7,9-10H2,1-3H3,(H,18,20). The van der Waals surface area contributed by atoms with Crippen LogP contribution in [0.15, 0.2) is 33.4 Å². The third kappa shape index (κ3) is 3.24. The molecule has 0 aromatic carbocycles. The monoisotopic (exact) mass is 302 g/mol. The molecular formula is C17H22N2O3. The molecule has 2 atom stereocenters. The molecule has 2 aromatic rings. The van der Waals surface area contributed by atoms with Gasteiger partial charge in [-0.2, -0.15) is 0 Å². The number of carbonyl (C=O) groups excluding carboxylic acids is 1. The minimum atomic E-state index is -0.184. The van der Waals surface area contributed by atoms with E-state index in [1.807, 2.05) is 0 Å². The second kappa shape index (κ2) is 5.63. The van der Waals surface area contributed by atoms with Gasteiger partial charge in [-0.15, -0.1) is 0 Å². The van der Waals surface area contributed by atoms with E-state index in [4.69, 9.17) is 8.94 Å². The SMILES string of the molecule is CC1CC(NC(=O)c2cc(-c3ccco3)on2)CC(C)(C)C1. The third-order valence-electron chi connectivity index (χ3n) is 4.23. The van der Waals surface area contributed by atoms with E-state index in [1.165, 1.54) is 6.42 Å². The molecule has 1 amide bonds. The largest absolute Gasteiger partial charge is 0.461 e. The number of aromatic nitrogens is 1. The van der Waals surface area contributed by atoms with Gasteiger partial charge in [-0.3, -0.25) is 4.79 Å². The first-order chi connectivity index (χ1) is 10.4. The normalized spacial score (nSPS) is 24.1. The highest BCUT2D eigenvalue weighted by Gasteiger charge is 2.33. The summed E-state index contributed by atoms with van der Waals surface area (Å²) in [6.07, 6.45) is 4.76. The van der Waals surface area contributed by atoms with Crippen molar-refractivity contribution in [1.29, 1.82) is 0 Å². The second-order valence-electron chi connectivity index (χ2n) is 7.14. The van der Waals surface area contributed by atoms with Crippen molar-refractivity contribution >= 4 is 5.91 Å². The van der Waals surface area contributed by atoms with Gasteiger partial charge in [-0.05, 0) is 42.7 Å². The molecule has 2 unspecified atom stereocenters. The number of carbonyl (C=O) groups is 1. The maximum atomic E-state index is 12.3. The van der Waals surface area contributed by atoms with Gasteiger partial charge in [0.25, 0.3) is 5.91 Å². The van der Waals surface area contributed by atoms with Crippen LogP contribution >= 0.6 is 0 Å². The highest BCUT2D eigenvalue weighted by Crippen LogP contribution is 2.38. The summed E-state index contributed by atoms with van der Waals surface area (Å²) < 4.78 is 10.4. The van der Waals surface area contributed by atoms with Gasteiger partial charge in [0.15, 0.2) is 11.5 Å². The minimum Gasteiger partial charge on any atom is -0.461 e. The Bertz CT molecular complexity index is 643. The van der Waals surface area contributed by atoms with Crippen LogP contribution in [0.4, 0.5) is 0 Å². The maximum absolute atomic E-state index is 12.3. The Morgan fingerprint density at radius 2 is 2.18 bits per heavy atom. The van der Waals surface area contributed by atoms with Crippen LogP contribution in [-0.4, -0.2) is 17.1 Å². The van der Waals surface area contributed by atoms with Crippen LogP contribution in [0.25, 0.3) is 11.5 Å². The summed E-state index contributed by atoms with van der Waals surface area (Å²) in [4.78, 5) is 12.3. The van der Waals surface area contributed by atoms with Crippen molar-refractivity contribution in [3.05, 3.63) is 30.2 Å². The number of furan rings is 1. The predicted octanol–water partition coefficient (Wildman–Crippen LogP) is 3.88. The fourth-order valence-corrected chi connectivity index (χ4v) is 3.63. The van der Waals surface area contributed by atoms with E-state index in [0.717, 1.165) is 12.8 Å². The molecule has 1 N–H and O–H groups in total. The molecular weight excluding hydrogens is 280 g/mol. The van der Waals surface area contributed by atoms with Crippen LogP contribution in [0.5, 0.6) is 0 Å². The average Bonchev–Trinajstić information content (AvgIpc) is 3.07. The first-order valence-corrected chi connectivity index (χ1v) is 7.74. The fraction of sp³-hybridized carbons (Fsp3) is 0.529. The van der Waals surface area contributed by atoms with Crippen LogP contribution in [0.2, 0.25) is 0 Å². The van der Waals surface area contributed by atoms with Gasteiger partial charge in [0.1, 0.15) is 0 Å². The molecule has 1 aliphatic carbocycles. The summed E-state index contributed by atoms with van der Waals surface area (Å²) in [5, 5.41) is 6.93. The summed E-state index contributed by atoms with van der Waals surface area (Å²) in [5.41, 5.74) is 0.557. The van der Waals surface area contributed by atoms with Crippen molar-refractivity contribution in [1.82, 2.24) is 10.5 Å². The zero-order chi connectivity index (χ0) is 15.7. The molecule has 0 spiro atoms. The van der Waals surface area contributed by atoms with Gasteiger partial charge >= 0.3 is 0 Å². The van der Waals surface area contributed by atoms with Crippen molar-refractivity contribution < 1.29 is 13.7 Å². The zero-order valence-electron chi connectivity index (χ0n) is 13.3. The molecule has 3 rings (SSSR count). The van der Waals surface area contributed by atoms with Gasteiger partial charge in [0.05, 0.1) is 6.26 Å². The Labute approximate surface area is 130 Å². The number of nitrogens with zero attached hydrogens (tertiary/aromatic N) is 1. The van der Waals surface area contributed by atoms with Crippen molar-refractivity contribution in [2.45, 2.75) is 46.1 Å². The molecule has 0 radical (unpaired) electrons. The topological polar surface area (TPSA) is 68.3 Å². The Morgan fingerprint density at radius 3 is 2.86 bits per heavy atom. The molecule has 0 saturated heterocycles. The Balaban J connectivity index is 1.67. The Kier molecular flexibility index (Phi) is 3.81. The van der Waals surface area contributed by atoms with E-state index in [1.54, 1.807) is 24.5 Å². The lowest BCUT2D eigenvalue weighted by Crippen LogP contribution is -2.43. The van der Waals surface area contributed by atoms with Crippen LogP contribution in [-0.2, 0) is 0 Å². The number of amides is 1. The molecule has 22 heavy (non-hydrogen) atoms. The summed E-state index contributed by atoms with van der Waals surface area (Å²) in [7, 11) is 0. The molecule has 0 bridgehead atoms. The van der Waals surface area contributed by atoms with Crippen molar-refractivity contribution in [2.75, 3.05) is 0 Å². The van der Waals surface area contributed by atoms with Gasteiger partial charge < -0.3 is 14.3 Å². The molecule has 0 aliphatic heterocycles. The average molecular weight is 302 g/mol. The van der Waals surface area contributed by atoms with Crippen molar-refractivity contribution in [3.8, 4) is 11.5 Å². The van der Waals surface area contributed by atoms with Gasteiger partial charge in [0.2, 0.25) is 5.76 Å². The van der Waals surface area contributed by atoms with Crippen molar-refractivity contribution in [3.63, 3.8) is 0 Å². The van der Waals surface area contributed by atoms with Gasteiger partial charge in [-0.25, -0.2) is 0 Å². The molecule has 5 heteroatoms. The molecule has 5 nitrogen and oxygen atoms in total. The predicted molar refractivity (Wildman–Crippen MR) is 82.3 cm³/mol. The smallest absolute Gasteiger partial charge is 0.273 e. The highest BCUT2D eigenvalue weighted by molar-refractivity contribution is 5.93. The molecule has 2 heterocycles. The maximum Gasteiger partial charge on any atom is 0.273 e. The number of rotatable bonds is 3. The lowest BCUT2D eigenvalue weighted by Gasteiger charge is -2.39. The lowest BCUT2D eigenvalue weighted by atomic mass is 9.70. The summed E-state index contributed by atoms with van der Waals surface area (Å²) >= 11 is 0. The zero-order valence-corrected chi connectivity index (χ0v) is 13.3. The van der Waals surface area contributed by atoms with Crippen LogP contribution in [0.3, 0.4) is 0 Å². The van der Waals surface area contributed by atoms with E-state index in [9.17, 15) is 4.79 Å². The minimum absolute atomic E-state index is 0.184. The molecule has 2 aromatic heterocycles. The Hall–Kier alpha value is -2.04. The fourth-order valence-electron chi connectivity index (χ4n) is 3.63. The van der Waals surface area contributed by atoms with Gasteiger partial charge in [-0.1, -0.05) is 25.9 Å². The molecule has 1 saturated carbocycles. The summed E-state index contributed by atoms with van der Waals surface area (Å²) in [6, 6.07) is 5.34. The summed E-state index contributed by atoms with van der Waals surface area (Å²) in [5.74, 6) is 1.47. The van der Waals surface area contributed by atoms with Crippen LogP contribution in [0, 0.1) is 11.3 Å². The molecule has 1 aliphatic rings. The van der Waals surface area contributed by atoms with E-state index < -0.39 is 0 Å². The first-order valence-electron chi connectivity index (χ1n) is 7.74. The van der Waals surface area contributed by atoms with E-state index in [2.05, 4.69) is 31.2 Å². The van der Waals surface area contributed by atoms with E-state index >= 15 is 0 Å². The van der Waals surface area contributed by atoms with Gasteiger partial charge in [0, 0.05) is 12.1 Å². The van der Waals surface area contributed by atoms with E-state index in [0.29, 0.717) is 23.1 Å². The van der Waals surface area contributed by atoms with Crippen LogP contribution < -0.4 is 5.32 Å². The number of hydrogen-bond acceptors (Lipinski definition) is 4. The Morgan fingerprint density at radius 1 is 1.36 bits per heavy atom. The quantitative estimate of drug-likeness (QED) is 0.934.